The maximum atomic E-state index is 14.5. The van der Waals surface area contributed by atoms with Crippen molar-refractivity contribution in [1.29, 1.82) is 0 Å². The number of ether oxygens (including phenoxy) is 3. The van der Waals surface area contributed by atoms with E-state index in [4.69, 9.17) is 14.2 Å². The maximum absolute atomic E-state index is 14.5. The van der Waals surface area contributed by atoms with Crippen LogP contribution in [0.2, 0.25) is 0 Å². The second-order valence-electron chi connectivity index (χ2n) is 9.50. The molecule has 192 valence electrons. The van der Waals surface area contributed by atoms with Gasteiger partial charge in [0.05, 0.1) is 12.6 Å². The lowest BCUT2D eigenvalue weighted by molar-refractivity contribution is -0.150. The van der Waals surface area contributed by atoms with Crippen LogP contribution in [-0.2, 0) is 16.0 Å². The van der Waals surface area contributed by atoms with E-state index in [0.717, 1.165) is 16.7 Å². The lowest BCUT2D eigenvalue weighted by atomic mass is 9.85. The van der Waals surface area contributed by atoms with E-state index in [1.165, 1.54) is 0 Å². The van der Waals surface area contributed by atoms with Crippen LogP contribution >= 0.6 is 0 Å². The van der Waals surface area contributed by atoms with Gasteiger partial charge in [0.25, 0.3) is 0 Å². The highest BCUT2D eigenvalue weighted by molar-refractivity contribution is 5.91. The van der Waals surface area contributed by atoms with E-state index in [9.17, 15) is 9.59 Å². The zero-order valence-electron chi connectivity index (χ0n) is 21.3. The average Bonchev–Trinajstić information content (AvgIpc) is 2.92. The van der Waals surface area contributed by atoms with Gasteiger partial charge in [-0.3, -0.25) is 9.69 Å². The molecule has 0 bridgehead atoms. The highest BCUT2D eigenvalue weighted by Gasteiger charge is 2.50. The van der Waals surface area contributed by atoms with Gasteiger partial charge in [0.2, 0.25) is 5.91 Å². The van der Waals surface area contributed by atoms with E-state index in [2.05, 4.69) is 0 Å². The number of rotatable bonds is 6. The first-order valence-electron chi connectivity index (χ1n) is 12.7. The van der Waals surface area contributed by atoms with Crippen molar-refractivity contribution in [2.24, 2.45) is 0 Å². The minimum Gasteiger partial charge on any atom is -0.486 e. The summed E-state index contributed by atoms with van der Waals surface area (Å²) in [5.41, 5.74) is 1.77. The van der Waals surface area contributed by atoms with Gasteiger partial charge in [0.15, 0.2) is 11.5 Å². The van der Waals surface area contributed by atoms with Gasteiger partial charge in [-0.25, -0.2) is 4.79 Å². The van der Waals surface area contributed by atoms with E-state index >= 15 is 0 Å². The van der Waals surface area contributed by atoms with Crippen molar-refractivity contribution in [2.75, 3.05) is 32.9 Å². The Labute approximate surface area is 217 Å². The fraction of sp³-hybridized carbons (Fsp3) is 0.333. The predicted octanol–water partition coefficient (Wildman–Crippen LogP) is 4.85. The van der Waals surface area contributed by atoms with Crippen LogP contribution in [0.5, 0.6) is 11.5 Å². The summed E-state index contributed by atoms with van der Waals surface area (Å²) in [5.74, 6) is 1.22. The normalized spacial score (nSPS) is 19.2. The van der Waals surface area contributed by atoms with Gasteiger partial charge in [0, 0.05) is 19.5 Å². The molecule has 2 heterocycles. The third kappa shape index (κ3) is 4.86. The molecule has 1 unspecified atom stereocenters. The monoisotopic (exact) mass is 500 g/mol. The number of hydrogen-bond acceptors (Lipinski definition) is 5. The molecule has 1 saturated heterocycles. The summed E-state index contributed by atoms with van der Waals surface area (Å²) in [6.07, 6.45) is -0.166. The maximum Gasteiger partial charge on any atom is 0.410 e. The topological polar surface area (TPSA) is 68.3 Å². The van der Waals surface area contributed by atoms with Gasteiger partial charge in [-0.15, -0.1) is 0 Å². The molecule has 0 spiro atoms. The van der Waals surface area contributed by atoms with E-state index in [-0.39, 0.29) is 18.6 Å². The van der Waals surface area contributed by atoms with Gasteiger partial charge in [-0.2, -0.15) is 0 Å². The zero-order chi connectivity index (χ0) is 25.8. The Kier molecular flexibility index (Phi) is 7.04. The number of carbonyl (C=O) groups excluding carboxylic acids is 2. The Bertz CT molecular complexity index is 1210. The largest absolute Gasteiger partial charge is 0.486 e. The van der Waals surface area contributed by atoms with Crippen molar-refractivity contribution < 1.29 is 23.8 Å². The van der Waals surface area contributed by atoms with Crippen molar-refractivity contribution in [3.05, 3.63) is 95.6 Å². The van der Waals surface area contributed by atoms with E-state index < -0.39 is 11.6 Å². The van der Waals surface area contributed by atoms with Crippen molar-refractivity contribution >= 4 is 12.0 Å². The van der Waals surface area contributed by atoms with Crippen molar-refractivity contribution in [2.45, 2.75) is 31.8 Å². The zero-order valence-corrected chi connectivity index (χ0v) is 21.3. The third-order valence-electron chi connectivity index (χ3n) is 7.07. The van der Waals surface area contributed by atoms with Crippen LogP contribution in [0.1, 0.15) is 36.6 Å². The van der Waals surface area contributed by atoms with Gasteiger partial charge < -0.3 is 19.1 Å². The molecule has 3 aromatic carbocycles. The van der Waals surface area contributed by atoms with E-state index in [1.54, 1.807) is 11.8 Å². The second kappa shape index (κ2) is 10.5. The summed E-state index contributed by atoms with van der Waals surface area (Å²) in [6.45, 7) is 5.59. The Morgan fingerprint density at radius 2 is 1.54 bits per heavy atom. The first-order chi connectivity index (χ1) is 18.0. The highest BCUT2D eigenvalue weighted by atomic mass is 16.6. The standard InChI is InChI=1S/C30H32N2O5/c1-3-35-29(34)32-17-16-31(27(23-10-6-4-7-11-23)24-12-8-5-9-13-24)28(33)30(32,2)21-22-14-15-25-26(20-22)37-19-18-36-25/h4-15,20,27H,3,16-19,21H2,1-2H3. The predicted molar refractivity (Wildman–Crippen MR) is 140 cm³/mol. The molecule has 0 aliphatic carbocycles. The lowest BCUT2D eigenvalue weighted by Gasteiger charge is -2.49. The Balaban J connectivity index is 1.54. The summed E-state index contributed by atoms with van der Waals surface area (Å²) < 4.78 is 16.8. The number of nitrogens with zero attached hydrogens (tertiary/aromatic N) is 2. The highest BCUT2D eigenvalue weighted by Crippen LogP contribution is 2.38. The first-order valence-corrected chi connectivity index (χ1v) is 12.7. The van der Waals surface area contributed by atoms with Crippen LogP contribution in [0.3, 0.4) is 0 Å². The van der Waals surface area contributed by atoms with Gasteiger partial charge in [-0.05, 0) is 42.7 Å². The van der Waals surface area contributed by atoms with Gasteiger partial charge in [-0.1, -0.05) is 66.7 Å². The summed E-state index contributed by atoms with van der Waals surface area (Å²) in [6, 6.07) is 25.5. The number of fused-ring (bicyclic) bond motifs is 1. The SMILES string of the molecule is CCOC(=O)N1CCN(C(c2ccccc2)c2ccccc2)C(=O)C1(C)Cc1ccc2c(c1)OCCO2. The lowest BCUT2D eigenvalue weighted by Crippen LogP contribution is -2.67. The molecule has 7 nitrogen and oxygen atoms in total. The molecule has 2 aliphatic rings. The second-order valence-corrected chi connectivity index (χ2v) is 9.50. The number of benzene rings is 3. The van der Waals surface area contributed by atoms with Crippen molar-refractivity contribution in [1.82, 2.24) is 9.80 Å². The third-order valence-corrected chi connectivity index (χ3v) is 7.07. The van der Waals surface area contributed by atoms with Crippen LogP contribution < -0.4 is 9.47 Å². The summed E-state index contributed by atoms with van der Waals surface area (Å²) >= 11 is 0. The number of hydrogen-bond donors (Lipinski definition) is 0. The fourth-order valence-corrected chi connectivity index (χ4v) is 5.31. The molecule has 2 aliphatic heterocycles. The minimum absolute atomic E-state index is 0.126. The Morgan fingerprint density at radius 1 is 0.919 bits per heavy atom. The number of piperazine rings is 1. The molecule has 1 atom stereocenters. The molecule has 0 saturated carbocycles. The van der Waals surface area contributed by atoms with E-state index in [0.29, 0.717) is 44.2 Å². The van der Waals surface area contributed by atoms with Crippen LogP contribution in [-0.4, -0.2) is 60.2 Å². The van der Waals surface area contributed by atoms with Crippen molar-refractivity contribution in [3.8, 4) is 11.5 Å². The molecule has 1 fully saturated rings. The van der Waals surface area contributed by atoms with E-state index in [1.807, 2.05) is 90.7 Å². The first kappa shape index (κ1) is 24.7. The molecule has 0 aromatic heterocycles. The molecule has 0 radical (unpaired) electrons. The number of amides is 2. The summed E-state index contributed by atoms with van der Waals surface area (Å²) in [4.78, 5) is 31.0. The average molecular weight is 501 g/mol. The van der Waals surface area contributed by atoms with Crippen LogP contribution in [0.4, 0.5) is 4.79 Å². The Morgan fingerprint density at radius 3 is 2.16 bits per heavy atom. The molecule has 37 heavy (non-hydrogen) atoms. The molecule has 2 amide bonds. The molecule has 0 N–H and O–H groups in total. The number of carbonyl (C=O) groups is 2. The Hall–Kier alpha value is -4.00. The fourth-order valence-electron chi connectivity index (χ4n) is 5.31. The molecular formula is C30H32N2O5. The van der Waals surface area contributed by atoms with Crippen LogP contribution in [0, 0.1) is 0 Å². The summed E-state index contributed by atoms with van der Waals surface area (Å²) in [5, 5.41) is 0. The van der Waals surface area contributed by atoms with Gasteiger partial charge in [0.1, 0.15) is 18.8 Å². The smallest absolute Gasteiger partial charge is 0.410 e. The minimum atomic E-state index is -1.16. The summed E-state index contributed by atoms with van der Waals surface area (Å²) in [7, 11) is 0. The molecule has 3 aromatic rings. The van der Waals surface area contributed by atoms with Crippen molar-refractivity contribution in [3.63, 3.8) is 0 Å². The van der Waals surface area contributed by atoms with Crippen LogP contribution in [0.15, 0.2) is 78.9 Å². The molecule has 5 rings (SSSR count). The molecule has 7 heteroatoms. The molecular weight excluding hydrogens is 468 g/mol. The quantitative estimate of drug-likeness (QED) is 0.484. The van der Waals surface area contributed by atoms with Crippen LogP contribution in [0.25, 0.3) is 0 Å². The van der Waals surface area contributed by atoms with Gasteiger partial charge >= 0.3 is 6.09 Å².